The highest BCUT2D eigenvalue weighted by atomic mass is 32.1. The normalized spacial score (nSPS) is 20.1. The van der Waals surface area contributed by atoms with Crippen LogP contribution in [0.2, 0.25) is 0 Å². The van der Waals surface area contributed by atoms with Crippen molar-refractivity contribution < 1.29 is 22.8 Å². The van der Waals surface area contributed by atoms with Crippen molar-refractivity contribution in [2.75, 3.05) is 43.0 Å². The summed E-state index contributed by atoms with van der Waals surface area (Å²) in [7, 11) is 0. The van der Waals surface area contributed by atoms with Crippen molar-refractivity contribution in [2.45, 2.75) is 44.0 Å². The second-order valence-electron chi connectivity index (χ2n) is 9.41. The van der Waals surface area contributed by atoms with Gasteiger partial charge in [-0.3, -0.25) is 10.1 Å². The monoisotopic (exact) mass is 547 g/mol. The van der Waals surface area contributed by atoms with Gasteiger partial charge < -0.3 is 19.9 Å². The highest BCUT2D eigenvalue weighted by Crippen LogP contribution is 2.38. The van der Waals surface area contributed by atoms with Crippen molar-refractivity contribution in [1.82, 2.24) is 4.90 Å². The third kappa shape index (κ3) is 6.90. The van der Waals surface area contributed by atoms with Gasteiger partial charge in [0.1, 0.15) is 10.6 Å². The van der Waals surface area contributed by atoms with Gasteiger partial charge in [-0.1, -0.05) is 24.4 Å². The van der Waals surface area contributed by atoms with E-state index in [0.717, 1.165) is 61.8 Å². The highest BCUT2D eigenvalue weighted by molar-refractivity contribution is 7.80. The zero-order valence-electron chi connectivity index (χ0n) is 20.6. The van der Waals surface area contributed by atoms with Gasteiger partial charge in [-0.15, -0.1) is 0 Å². The molecule has 4 rings (SSSR count). The lowest BCUT2D eigenvalue weighted by Crippen LogP contribution is -2.49. The largest absolute Gasteiger partial charge is 0.423 e. The smallest absolute Gasteiger partial charge is 0.382 e. The van der Waals surface area contributed by atoms with E-state index in [0.29, 0.717) is 25.1 Å². The highest BCUT2D eigenvalue weighted by Gasteiger charge is 2.38. The molecule has 0 unspecified atom stereocenters. The molecule has 12 heteroatoms. The van der Waals surface area contributed by atoms with Gasteiger partial charge in [-0.25, -0.2) is 4.85 Å². The number of ether oxygens (including phenoxy) is 1. The van der Waals surface area contributed by atoms with E-state index in [-0.39, 0.29) is 17.8 Å². The molecule has 2 aromatic carbocycles. The standard InChI is InChI=1S/C26H28F3N5O3S/c1-30-18-2-7-21(8-3-18)32-12-14-33(15-13-32)25(38)17-37-22-9-4-19(5-10-22)31-20-6-11-24(34(35)36)23(16-20)26(27,28)29/h2-3,6-8,11,16,19,22,31H,4-5,9-10,12-15,17H2. The third-order valence-electron chi connectivity index (χ3n) is 6.96. The minimum atomic E-state index is -4.80. The maximum Gasteiger partial charge on any atom is 0.423 e. The van der Waals surface area contributed by atoms with Crippen LogP contribution in [0.3, 0.4) is 0 Å². The van der Waals surface area contributed by atoms with Crippen molar-refractivity contribution in [1.29, 1.82) is 0 Å². The second-order valence-corrected chi connectivity index (χ2v) is 9.88. The van der Waals surface area contributed by atoms with Crippen molar-refractivity contribution in [3.8, 4) is 0 Å². The van der Waals surface area contributed by atoms with Gasteiger partial charge in [0, 0.05) is 49.7 Å². The zero-order chi connectivity index (χ0) is 27.3. The molecule has 8 nitrogen and oxygen atoms in total. The van der Waals surface area contributed by atoms with Crippen molar-refractivity contribution >= 4 is 40.0 Å². The summed E-state index contributed by atoms with van der Waals surface area (Å²) >= 11 is 5.61. The molecule has 1 saturated carbocycles. The number of rotatable bonds is 7. The number of benzene rings is 2. The van der Waals surface area contributed by atoms with Crippen LogP contribution >= 0.6 is 12.2 Å². The molecule has 0 spiro atoms. The Kier molecular flexibility index (Phi) is 8.69. The SMILES string of the molecule is [C-]#[N+]c1ccc(N2CCN(C(=S)COC3CCC(Nc4ccc([N+](=O)[O-])c(C(F)(F)F)c4)CC3)CC2)cc1. The van der Waals surface area contributed by atoms with E-state index in [2.05, 4.69) is 20.0 Å². The van der Waals surface area contributed by atoms with Gasteiger partial charge in [0.05, 0.1) is 24.2 Å². The van der Waals surface area contributed by atoms with Crippen molar-refractivity contribution in [3.05, 3.63) is 69.6 Å². The third-order valence-corrected chi connectivity index (χ3v) is 7.34. The average Bonchev–Trinajstić information content (AvgIpc) is 2.92. The molecule has 2 aliphatic rings. The second kappa shape index (κ2) is 12.0. The van der Waals surface area contributed by atoms with E-state index >= 15 is 0 Å². The average molecular weight is 548 g/mol. The van der Waals surface area contributed by atoms with E-state index < -0.39 is 22.4 Å². The number of alkyl halides is 3. The van der Waals surface area contributed by atoms with E-state index in [1.165, 1.54) is 6.07 Å². The van der Waals surface area contributed by atoms with Crippen molar-refractivity contribution in [3.63, 3.8) is 0 Å². The van der Waals surface area contributed by atoms with Gasteiger partial charge in [-0.2, -0.15) is 13.2 Å². The fourth-order valence-electron chi connectivity index (χ4n) is 4.85. The summed E-state index contributed by atoms with van der Waals surface area (Å²) < 4.78 is 45.8. The summed E-state index contributed by atoms with van der Waals surface area (Å²) in [5, 5.41) is 14.0. The predicted molar refractivity (Wildman–Crippen MR) is 143 cm³/mol. The molecule has 0 radical (unpaired) electrons. The first-order valence-corrected chi connectivity index (χ1v) is 12.8. The van der Waals surface area contributed by atoms with Crippen LogP contribution < -0.4 is 10.2 Å². The molecule has 2 aromatic rings. The number of nitrogens with zero attached hydrogens (tertiary/aromatic N) is 4. The molecule has 0 amide bonds. The van der Waals surface area contributed by atoms with Crippen LogP contribution in [-0.4, -0.2) is 59.7 Å². The summed E-state index contributed by atoms with van der Waals surface area (Å²) in [5.41, 5.74) is -0.273. The molecule has 0 bridgehead atoms. The quantitative estimate of drug-likeness (QED) is 0.196. The number of piperazine rings is 1. The topological polar surface area (TPSA) is 75.2 Å². The Morgan fingerprint density at radius 3 is 2.34 bits per heavy atom. The van der Waals surface area contributed by atoms with Gasteiger partial charge in [0.25, 0.3) is 5.69 Å². The molecule has 2 fully saturated rings. The lowest BCUT2D eigenvalue weighted by molar-refractivity contribution is -0.388. The molecular weight excluding hydrogens is 519 g/mol. The predicted octanol–water partition coefficient (Wildman–Crippen LogP) is 6.05. The molecule has 0 aromatic heterocycles. The number of thiocarbonyl (C=S) groups is 1. The Labute approximate surface area is 224 Å². The number of anilines is 2. The maximum absolute atomic E-state index is 13.3. The molecule has 1 heterocycles. The molecule has 1 aliphatic carbocycles. The van der Waals surface area contributed by atoms with Crippen LogP contribution in [0.4, 0.5) is 35.9 Å². The molecule has 0 atom stereocenters. The minimum absolute atomic E-state index is 0.0239. The van der Waals surface area contributed by atoms with Crippen LogP contribution in [0.15, 0.2) is 42.5 Å². The van der Waals surface area contributed by atoms with E-state index in [9.17, 15) is 23.3 Å². The van der Waals surface area contributed by atoms with Crippen LogP contribution in [0.1, 0.15) is 31.2 Å². The molecule has 202 valence electrons. The van der Waals surface area contributed by atoms with Gasteiger partial charge in [-0.05, 0) is 49.9 Å². The summed E-state index contributed by atoms with van der Waals surface area (Å²) in [6.45, 7) is 10.7. The number of nitrogens with one attached hydrogen (secondary N) is 1. The Bertz CT molecular complexity index is 1190. The van der Waals surface area contributed by atoms with E-state index in [1.54, 1.807) is 0 Å². The first-order valence-electron chi connectivity index (χ1n) is 12.4. The van der Waals surface area contributed by atoms with E-state index in [4.69, 9.17) is 23.5 Å². The van der Waals surface area contributed by atoms with Crippen molar-refractivity contribution in [2.24, 2.45) is 0 Å². The Morgan fingerprint density at radius 1 is 1.11 bits per heavy atom. The molecule has 1 aliphatic heterocycles. The van der Waals surface area contributed by atoms with Gasteiger partial charge >= 0.3 is 6.18 Å². The first-order chi connectivity index (χ1) is 18.1. The van der Waals surface area contributed by atoms with E-state index in [1.807, 2.05) is 24.3 Å². The van der Waals surface area contributed by atoms with Gasteiger partial charge in [0.15, 0.2) is 5.69 Å². The Balaban J connectivity index is 1.20. The van der Waals surface area contributed by atoms with Crippen LogP contribution in [-0.2, 0) is 10.9 Å². The number of halogens is 3. The molecule has 1 saturated heterocycles. The van der Waals surface area contributed by atoms with Gasteiger partial charge in [0.2, 0.25) is 0 Å². The van der Waals surface area contributed by atoms with Crippen LogP contribution in [0, 0.1) is 16.7 Å². The summed E-state index contributed by atoms with van der Waals surface area (Å²) in [6, 6.07) is 10.6. The molecule has 38 heavy (non-hydrogen) atoms. The fourth-order valence-corrected chi connectivity index (χ4v) is 5.10. The molecule has 1 N–H and O–H groups in total. The number of nitro groups is 1. The minimum Gasteiger partial charge on any atom is -0.382 e. The lowest BCUT2D eigenvalue weighted by atomic mass is 9.92. The summed E-state index contributed by atoms with van der Waals surface area (Å²) in [5.74, 6) is 0. The summed E-state index contributed by atoms with van der Waals surface area (Å²) in [6.07, 6.45) is -1.87. The van der Waals surface area contributed by atoms with Crippen LogP contribution in [0.25, 0.3) is 4.85 Å². The number of hydrogen-bond acceptors (Lipinski definition) is 6. The molecular formula is C26H28F3N5O3S. The maximum atomic E-state index is 13.3. The number of nitro benzene ring substituents is 1. The number of hydrogen-bond donors (Lipinski definition) is 1. The van der Waals surface area contributed by atoms with Crippen LogP contribution in [0.5, 0.6) is 0 Å². The summed E-state index contributed by atoms with van der Waals surface area (Å²) in [4.78, 5) is 18.5. The fraction of sp³-hybridized carbons (Fsp3) is 0.462. The Morgan fingerprint density at radius 2 is 1.76 bits per heavy atom. The Hall–Kier alpha value is -3.43. The first kappa shape index (κ1) is 27.6. The zero-order valence-corrected chi connectivity index (χ0v) is 21.4. The lowest BCUT2D eigenvalue weighted by Gasteiger charge is -2.38.